The van der Waals surface area contributed by atoms with E-state index in [0.717, 1.165) is 11.1 Å². The normalized spacial score (nSPS) is 16.8. The number of pyridine rings is 1. The van der Waals surface area contributed by atoms with Gasteiger partial charge in [-0.15, -0.1) is 0 Å². The van der Waals surface area contributed by atoms with E-state index < -0.39 is 18.0 Å². The van der Waals surface area contributed by atoms with Crippen LogP contribution in [0, 0.1) is 0 Å². The summed E-state index contributed by atoms with van der Waals surface area (Å²) >= 11 is 0. The fourth-order valence-electron chi connectivity index (χ4n) is 4.10. The number of nitrogens with zero attached hydrogens (tertiary/aromatic N) is 3. The lowest BCUT2D eigenvalue weighted by Gasteiger charge is -2.21. The van der Waals surface area contributed by atoms with Crippen molar-refractivity contribution in [2.24, 2.45) is 4.99 Å². The topological polar surface area (TPSA) is 112 Å². The number of nitrogens with one attached hydrogen (secondary N) is 1. The van der Waals surface area contributed by atoms with Crippen LogP contribution in [0.4, 0.5) is 5.69 Å². The van der Waals surface area contributed by atoms with Crippen LogP contribution in [0.3, 0.4) is 0 Å². The second-order valence-electron chi connectivity index (χ2n) is 7.53. The summed E-state index contributed by atoms with van der Waals surface area (Å²) in [6.45, 7) is 0.392. The highest BCUT2D eigenvalue weighted by molar-refractivity contribution is 6.22. The van der Waals surface area contributed by atoms with Crippen LogP contribution in [-0.2, 0) is 11.2 Å². The number of hydrogen-bond donors (Lipinski definition) is 2. The third kappa shape index (κ3) is 3.31. The van der Waals surface area contributed by atoms with Gasteiger partial charge in [0.15, 0.2) is 0 Å². The maximum atomic E-state index is 13.4. The number of rotatable bonds is 4. The Morgan fingerprint density at radius 3 is 2.50 bits per heavy atom. The van der Waals surface area contributed by atoms with Gasteiger partial charge < -0.3 is 15.3 Å². The highest BCUT2D eigenvalue weighted by Gasteiger charge is 2.38. The first-order chi connectivity index (χ1) is 15.5. The van der Waals surface area contributed by atoms with Gasteiger partial charge in [0.05, 0.1) is 17.0 Å². The Balaban J connectivity index is 1.66. The van der Waals surface area contributed by atoms with Gasteiger partial charge in [0.1, 0.15) is 0 Å². The monoisotopic (exact) mass is 426 g/mol. The molecule has 0 spiro atoms. The van der Waals surface area contributed by atoms with Crippen LogP contribution < -0.4 is 10.2 Å². The van der Waals surface area contributed by atoms with Crippen molar-refractivity contribution in [3.63, 3.8) is 0 Å². The maximum Gasteiger partial charge on any atom is 0.335 e. The number of benzene rings is 2. The predicted molar refractivity (Wildman–Crippen MR) is 117 cm³/mol. The zero-order chi connectivity index (χ0) is 22.2. The molecule has 0 saturated carbocycles. The summed E-state index contributed by atoms with van der Waals surface area (Å²) in [5.74, 6) is -1.85. The lowest BCUT2D eigenvalue weighted by Crippen LogP contribution is -2.46. The fraction of sp³-hybridized carbons (Fsp3) is 0.125. The van der Waals surface area contributed by atoms with E-state index in [1.807, 2.05) is 30.3 Å². The number of amides is 2. The van der Waals surface area contributed by atoms with Gasteiger partial charge in [-0.2, -0.15) is 0 Å². The second kappa shape index (κ2) is 7.73. The van der Waals surface area contributed by atoms with Gasteiger partial charge in [-0.05, 0) is 36.2 Å². The third-order valence-electron chi connectivity index (χ3n) is 5.58. The molecule has 3 heterocycles. The van der Waals surface area contributed by atoms with E-state index in [0.29, 0.717) is 35.5 Å². The number of aromatic carboxylic acids is 1. The van der Waals surface area contributed by atoms with Gasteiger partial charge in [-0.3, -0.25) is 14.6 Å². The number of carboxylic acids is 1. The van der Waals surface area contributed by atoms with Gasteiger partial charge in [-0.1, -0.05) is 30.3 Å². The number of anilines is 1. The minimum Gasteiger partial charge on any atom is -0.478 e. The molecule has 0 aliphatic carbocycles. The molecular weight excluding hydrogens is 408 g/mol. The van der Waals surface area contributed by atoms with Crippen LogP contribution in [0.2, 0.25) is 0 Å². The summed E-state index contributed by atoms with van der Waals surface area (Å²) in [6, 6.07) is 15.5. The molecule has 0 bridgehead atoms. The second-order valence-corrected chi connectivity index (χ2v) is 7.53. The zero-order valence-corrected chi connectivity index (χ0v) is 16.9. The summed E-state index contributed by atoms with van der Waals surface area (Å²) in [6.07, 6.45) is 2.37. The van der Waals surface area contributed by atoms with E-state index in [1.54, 1.807) is 29.2 Å². The Labute approximate surface area is 183 Å². The Bertz CT molecular complexity index is 1270. The molecule has 2 amide bonds. The van der Waals surface area contributed by atoms with Gasteiger partial charge in [0, 0.05) is 35.6 Å². The van der Waals surface area contributed by atoms with Gasteiger partial charge >= 0.3 is 5.97 Å². The van der Waals surface area contributed by atoms with Gasteiger partial charge in [0.25, 0.3) is 11.8 Å². The summed E-state index contributed by atoms with van der Waals surface area (Å²) in [5.41, 5.74) is 3.68. The highest BCUT2D eigenvalue weighted by atomic mass is 16.4. The van der Waals surface area contributed by atoms with Crippen molar-refractivity contribution in [3.8, 4) is 0 Å². The third-order valence-corrected chi connectivity index (χ3v) is 5.58. The molecule has 8 nitrogen and oxygen atoms in total. The van der Waals surface area contributed by atoms with Crippen LogP contribution >= 0.6 is 0 Å². The number of aliphatic imine (C=N–C) groups is 1. The summed E-state index contributed by atoms with van der Waals surface area (Å²) < 4.78 is 0. The first-order valence-corrected chi connectivity index (χ1v) is 10.1. The molecule has 2 N–H and O–H groups in total. The molecule has 32 heavy (non-hydrogen) atoms. The number of carbonyl (C=O) groups is 3. The first kappa shape index (κ1) is 19.6. The Morgan fingerprint density at radius 2 is 1.78 bits per heavy atom. The van der Waals surface area contributed by atoms with Crippen LogP contribution in [0.1, 0.15) is 37.4 Å². The zero-order valence-electron chi connectivity index (χ0n) is 16.9. The molecule has 1 aromatic heterocycles. The van der Waals surface area contributed by atoms with Gasteiger partial charge in [-0.25, -0.2) is 9.79 Å². The minimum absolute atomic E-state index is 0.135. The van der Waals surface area contributed by atoms with Crippen LogP contribution in [-0.4, -0.2) is 46.3 Å². The van der Waals surface area contributed by atoms with Crippen molar-refractivity contribution in [2.45, 2.75) is 12.6 Å². The lowest BCUT2D eigenvalue weighted by molar-refractivity contribution is -0.120. The molecule has 2 aliphatic rings. The summed E-state index contributed by atoms with van der Waals surface area (Å²) in [5, 5.41) is 12.3. The lowest BCUT2D eigenvalue weighted by atomic mass is 9.95. The SMILES string of the molecule is O=C(O)c1cc2c3c(c1)C(c1ccccc1)=NC(NC(=O)c1ccncc1)C(=O)N3CC2. The van der Waals surface area contributed by atoms with Crippen molar-refractivity contribution >= 4 is 29.2 Å². The van der Waals surface area contributed by atoms with E-state index in [-0.39, 0.29) is 11.5 Å². The maximum absolute atomic E-state index is 13.4. The summed E-state index contributed by atoms with van der Waals surface area (Å²) in [7, 11) is 0. The number of carboxylic acid groups (broad SMARTS) is 1. The van der Waals surface area contributed by atoms with Gasteiger partial charge in [0.2, 0.25) is 6.17 Å². The predicted octanol–water partition coefficient (Wildman–Crippen LogP) is 2.28. The average molecular weight is 426 g/mol. The Hall–Kier alpha value is -4.33. The quantitative estimate of drug-likeness (QED) is 0.665. The van der Waals surface area contributed by atoms with E-state index in [1.165, 1.54) is 12.4 Å². The molecule has 2 aliphatic heterocycles. The summed E-state index contributed by atoms with van der Waals surface area (Å²) in [4.78, 5) is 48.1. The molecule has 0 radical (unpaired) electrons. The standard InChI is InChI=1S/C24H18N4O4/c29-22(15-6-9-25-10-7-15)27-21-23(30)28-11-8-16-12-17(24(31)32)13-18(20(16)28)19(26-21)14-4-2-1-3-5-14/h1-7,9-10,12-13,21H,8,11H2,(H,27,29)(H,31,32). The van der Waals surface area contributed by atoms with Crippen molar-refractivity contribution in [1.29, 1.82) is 0 Å². The van der Waals surface area contributed by atoms with E-state index in [9.17, 15) is 19.5 Å². The van der Waals surface area contributed by atoms with E-state index in [4.69, 9.17) is 0 Å². The van der Waals surface area contributed by atoms with Crippen molar-refractivity contribution in [3.05, 3.63) is 94.8 Å². The molecule has 1 unspecified atom stereocenters. The smallest absolute Gasteiger partial charge is 0.335 e. The molecule has 5 rings (SSSR count). The van der Waals surface area contributed by atoms with Crippen LogP contribution in [0.5, 0.6) is 0 Å². The molecule has 1 atom stereocenters. The number of hydrogen-bond acceptors (Lipinski definition) is 5. The number of aromatic nitrogens is 1. The first-order valence-electron chi connectivity index (χ1n) is 10.1. The Morgan fingerprint density at radius 1 is 1.03 bits per heavy atom. The minimum atomic E-state index is -1.16. The van der Waals surface area contributed by atoms with Crippen molar-refractivity contribution < 1.29 is 19.5 Å². The van der Waals surface area contributed by atoms with E-state index in [2.05, 4.69) is 15.3 Å². The van der Waals surface area contributed by atoms with Crippen LogP contribution in [0.15, 0.2) is 72.0 Å². The number of carbonyl (C=O) groups excluding carboxylic acids is 2. The highest BCUT2D eigenvalue weighted by Crippen LogP contribution is 2.37. The van der Waals surface area contributed by atoms with Crippen LogP contribution in [0.25, 0.3) is 0 Å². The molecule has 3 aromatic rings. The average Bonchev–Trinajstić information content (AvgIpc) is 3.21. The molecule has 0 fully saturated rings. The van der Waals surface area contributed by atoms with Crippen molar-refractivity contribution in [2.75, 3.05) is 11.4 Å². The molecule has 8 heteroatoms. The molecular formula is C24H18N4O4. The molecule has 158 valence electrons. The van der Waals surface area contributed by atoms with Crippen molar-refractivity contribution in [1.82, 2.24) is 10.3 Å². The van der Waals surface area contributed by atoms with E-state index >= 15 is 0 Å². The molecule has 0 saturated heterocycles. The largest absolute Gasteiger partial charge is 0.478 e. The molecule has 2 aromatic carbocycles. The fourth-order valence-corrected chi connectivity index (χ4v) is 4.10. The Kier molecular flexibility index (Phi) is 4.74.